The number of fused-ring (bicyclic) bond motifs is 1. The van der Waals surface area contributed by atoms with E-state index in [4.69, 9.17) is 0 Å². The van der Waals surface area contributed by atoms with Gasteiger partial charge in [0.05, 0.1) is 21.0 Å². The quantitative estimate of drug-likeness (QED) is 0.314. The van der Waals surface area contributed by atoms with Crippen LogP contribution in [0.25, 0.3) is 10.2 Å². The molecule has 0 aliphatic heterocycles. The van der Waals surface area contributed by atoms with Gasteiger partial charge in [-0.15, -0.1) is 11.3 Å². The highest BCUT2D eigenvalue weighted by atomic mass is 32.2. The molecule has 0 spiro atoms. The van der Waals surface area contributed by atoms with Gasteiger partial charge in [-0.2, -0.15) is 0 Å². The van der Waals surface area contributed by atoms with Crippen molar-refractivity contribution in [2.24, 2.45) is 4.99 Å². The lowest BCUT2D eigenvalue weighted by molar-refractivity contribution is 0.599. The van der Waals surface area contributed by atoms with Crippen LogP contribution in [0.5, 0.6) is 0 Å². The van der Waals surface area contributed by atoms with Gasteiger partial charge in [-0.3, -0.25) is 4.99 Å². The van der Waals surface area contributed by atoms with Crippen LogP contribution in [0.4, 0.5) is 4.39 Å². The van der Waals surface area contributed by atoms with Crippen molar-refractivity contribution in [3.05, 3.63) is 64.4 Å². The summed E-state index contributed by atoms with van der Waals surface area (Å²) < 4.78 is 38.1. The summed E-state index contributed by atoms with van der Waals surface area (Å²) in [6, 6.07) is 12.2. The summed E-state index contributed by atoms with van der Waals surface area (Å²) in [6.45, 7) is 0.981. The molecule has 0 aliphatic carbocycles. The highest BCUT2D eigenvalue weighted by Crippen LogP contribution is 2.22. The Balaban J connectivity index is 1.51. The first-order chi connectivity index (χ1) is 14.3. The molecular weight excluding hydrogens is 423 g/mol. The molecule has 2 aromatic carbocycles. The van der Waals surface area contributed by atoms with Crippen molar-refractivity contribution < 1.29 is 12.8 Å². The number of halogens is 1. The van der Waals surface area contributed by atoms with Gasteiger partial charge in [0.25, 0.3) is 0 Å². The summed E-state index contributed by atoms with van der Waals surface area (Å²) in [5, 5.41) is 7.46. The van der Waals surface area contributed by atoms with Crippen LogP contribution in [0.1, 0.15) is 22.6 Å². The number of hydrogen-bond acceptors (Lipinski definition) is 5. The number of sulfone groups is 1. The molecule has 0 saturated carbocycles. The van der Waals surface area contributed by atoms with E-state index in [-0.39, 0.29) is 12.3 Å². The van der Waals surface area contributed by atoms with Crippen molar-refractivity contribution in [3.8, 4) is 0 Å². The lowest BCUT2D eigenvalue weighted by atomic mass is 10.1. The second-order valence-electron chi connectivity index (χ2n) is 7.01. The number of nitrogens with one attached hydrogen (secondary N) is 2. The van der Waals surface area contributed by atoms with E-state index in [0.717, 1.165) is 23.4 Å². The molecule has 0 amide bonds. The fourth-order valence-electron chi connectivity index (χ4n) is 3.06. The summed E-state index contributed by atoms with van der Waals surface area (Å²) in [5.74, 6) is 0.0510. The summed E-state index contributed by atoms with van der Waals surface area (Å²) in [5.41, 5.74) is 2.21. The lowest BCUT2D eigenvalue weighted by Crippen LogP contribution is -2.37. The average Bonchev–Trinajstić information content (AvgIpc) is 3.11. The second kappa shape index (κ2) is 9.99. The SMILES string of the molecule is CN=C(NCCCc1nc2ccccc2s1)NCc1cc(F)ccc1CS(C)(=O)=O. The van der Waals surface area contributed by atoms with Crippen molar-refractivity contribution >= 4 is 37.4 Å². The number of nitrogens with zero attached hydrogens (tertiary/aromatic N) is 2. The van der Waals surface area contributed by atoms with Crippen LogP contribution in [-0.4, -0.2) is 39.2 Å². The number of aliphatic imine (C=N–C) groups is 1. The number of benzene rings is 2. The van der Waals surface area contributed by atoms with Gasteiger partial charge < -0.3 is 10.6 Å². The number of thiazole rings is 1. The number of rotatable bonds is 8. The summed E-state index contributed by atoms with van der Waals surface area (Å²) in [4.78, 5) is 8.81. The highest BCUT2D eigenvalue weighted by Gasteiger charge is 2.11. The molecule has 0 fully saturated rings. The Labute approximate surface area is 180 Å². The molecule has 0 bridgehead atoms. The standard InChI is InChI=1S/C21H25FN4O2S2/c1-23-21(24-11-5-8-20-26-18-6-3-4-7-19(18)29-20)25-13-16-12-17(22)10-9-15(16)14-30(2,27)28/h3-4,6-7,9-10,12H,5,8,11,13-14H2,1-2H3,(H2,23,24,25). The van der Waals surface area contributed by atoms with Crippen molar-refractivity contribution in [2.45, 2.75) is 25.1 Å². The number of hydrogen-bond donors (Lipinski definition) is 2. The molecule has 2 N–H and O–H groups in total. The van der Waals surface area contributed by atoms with Crippen LogP contribution in [0.15, 0.2) is 47.5 Å². The van der Waals surface area contributed by atoms with Crippen LogP contribution in [0, 0.1) is 5.82 Å². The first kappa shape index (κ1) is 22.2. The van der Waals surface area contributed by atoms with Gasteiger partial charge in [0.2, 0.25) is 0 Å². The van der Waals surface area contributed by atoms with Gasteiger partial charge in [-0.25, -0.2) is 17.8 Å². The summed E-state index contributed by atoms with van der Waals surface area (Å²) in [7, 11) is -1.55. The van der Waals surface area contributed by atoms with Crippen LogP contribution >= 0.6 is 11.3 Å². The van der Waals surface area contributed by atoms with E-state index in [9.17, 15) is 12.8 Å². The molecule has 1 heterocycles. The number of guanidine groups is 1. The largest absolute Gasteiger partial charge is 0.356 e. The monoisotopic (exact) mass is 448 g/mol. The Morgan fingerprint density at radius 2 is 1.97 bits per heavy atom. The molecular formula is C21H25FN4O2S2. The van der Waals surface area contributed by atoms with Gasteiger partial charge in [-0.05, 0) is 41.8 Å². The zero-order chi connectivity index (χ0) is 21.6. The molecule has 0 aliphatic rings. The van der Waals surface area contributed by atoms with E-state index in [1.54, 1.807) is 18.4 Å². The normalized spacial score (nSPS) is 12.3. The third-order valence-electron chi connectivity index (χ3n) is 4.45. The Morgan fingerprint density at radius 1 is 1.17 bits per heavy atom. The van der Waals surface area contributed by atoms with E-state index in [0.29, 0.717) is 23.6 Å². The van der Waals surface area contributed by atoms with Gasteiger partial charge in [0, 0.05) is 32.8 Å². The Hall–Kier alpha value is -2.52. The fraction of sp³-hybridized carbons (Fsp3) is 0.333. The Bertz CT molecular complexity index is 1110. The first-order valence-electron chi connectivity index (χ1n) is 9.58. The zero-order valence-corrected chi connectivity index (χ0v) is 18.6. The molecule has 160 valence electrons. The average molecular weight is 449 g/mol. The minimum atomic E-state index is -3.21. The van der Waals surface area contributed by atoms with E-state index < -0.39 is 15.7 Å². The van der Waals surface area contributed by atoms with Gasteiger partial charge in [0.15, 0.2) is 15.8 Å². The molecule has 30 heavy (non-hydrogen) atoms. The molecule has 0 saturated heterocycles. The molecule has 0 unspecified atom stereocenters. The minimum absolute atomic E-state index is 0.126. The van der Waals surface area contributed by atoms with Crippen LogP contribution < -0.4 is 10.6 Å². The predicted molar refractivity (Wildman–Crippen MR) is 121 cm³/mol. The Morgan fingerprint density at radius 3 is 2.70 bits per heavy atom. The van der Waals surface area contributed by atoms with E-state index >= 15 is 0 Å². The zero-order valence-electron chi connectivity index (χ0n) is 17.0. The molecule has 0 atom stereocenters. The third kappa shape index (κ3) is 6.50. The van der Waals surface area contributed by atoms with Crippen LogP contribution in [-0.2, 0) is 28.6 Å². The van der Waals surface area contributed by atoms with Gasteiger partial charge in [0.1, 0.15) is 5.82 Å². The highest BCUT2D eigenvalue weighted by molar-refractivity contribution is 7.89. The fourth-order valence-corrected chi connectivity index (χ4v) is 4.91. The molecule has 0 radical (unpaired) electrons. The van der Waals surface area contributed by atoms with Gasteiger partial charge in [-0.1, -0.05) is 18.2 Å². The van der Waals surface area contributed by atoms with Crippen LogP contribution in [0.2, 0.25) is 0 Å². The maximum atomic E-state index is 13.6. The Kier molecular flexibility index (Phi) is 7.38. The smallest absolute Gasteiger partial charge is 0.191 e. The minimum Gasteiger partial charge on any atom is -0.356 e. The number of aromatic nitrogens is 1. The number of aryl methyl sites for hydroxylation is 1. The number of para-hydroxylation sites is 1. The van der Waals surface area contributed by atoms with Crippen molar-refractivity contribution in [3.63, 3.8) is 0 Å². The third-order valence-corrected chi connectivity index (χ3v) is 6.39. The van der Waals surface area contributed by atoms with E-state index in [1.807, 2.05) is 18.2 Å². The van der Waals surface area contributed by atoms with E-state index in [2.05, 4.69) is 26.7 Å². The first-order valence-corrected chi connectivity index (χ1v) is 12.5. The lowest BCUT2D eigenvalue weighted by Gasteiger charge is -2.14. The van der Waals surface area contributed by atoms with Crippen molar-refractivity contribution in [1.29, 1.82) is 0 Å². The van der Waals surface area contributed by atoms with Gasteiger partial charge >= 0.3 is 0 Å². The molecule has 3 rings (SSSR count). The maximum Gasteiger partial charge on any atom is 0.191 e. The summed E-state index contributed by atoms with van der Waals surface area (Å²) >= 11 is 1.71. The van der Waals surface area contributed by atoms with Crippen molar-refractivity contribution in [1.82, 2.24) is 15.6 Å². The second-order valence-corrected chi connectivity index (χ2v) is 10.3. The maximum absolute atomic E-state index is 13.6. The van der Waals surface area contributed by atoms with Crippen molar-refractivity contribution in [2.75, 3.05) is 19.8 Å². The molecule has 6 nitrogen and oxygen atoms in total. The molecule has 9 heteroatoms. The van der Waals surface area contributed by atoms with E-state index in [1.165, 1.54) is 29.2 Å². The topological polar surface area (TPSA) is 83.4 Å². The predicted octanol–water partition coefficient (Wildman–Crippen LogP) is 3.28. The van der Waals surface area contributed by atoms with Crippen LogP contribution in [0.3, 0.4) is 0 Å². The molecule has 1 aromatic heterocycles. The summed E-state index contributed by atoms with van der Waals surface area (Å²) in [6.07, 6.45) is 2.92. The molecule has 3 aromatic rings.